The number of ether oxygens (including phenoxy) is 1. The van der Waals surface area contributed by atoms with Gasteiger partial charge in [-0.25, -0.2) is 4.39 Å². The number of nitrogens with zero attached hydrogens (tertiary/aromatic N) is 2. The second-order valence-electron chi connectivity index (χ2n) is 5.62. The minimum absolute atomic E-state index is 0.0143. The van der Waals surface area contributed by atoms with Gasteiger partial charge in [-0.05, 0) is 18.9 Å². The zero-order valence-electron chi connectivity index (χ0n) is 12.9. The van der Waals surface area contributed by atoms with Gasteiger partial charge in [-0.1, -0.05) is 13.8 Å². The molecule has 0 spiro atoms. The molecule has 0 heterocycles. The van der Waals surface area contributed by atoms with Gasteiger partial charge in [0.2, 0.25) is 0 Å². The number of methoxy groups -OCH3 is 1. The van der Waals surface area contributed by atoms with Crippen LogP contribution in [0.1, 0.15) is 20.8 Å². The minimum Gasteiger partial charge on any atom is -0.494 e. The first kappa shape index (κ1) is 17.2. The third-order valence-corrected chi connectivity index (χ3v) is 3.34. The number of anilines is 1. The molecule has 1 aromatic rings. The maximum absolute atomic E-state index is 13.7. The van der Waals surface area contributed by atoms with E-state index in [1.807, 2.05) is 25.7 Å². The first-order valence-corrected chi connectivity index (χ1v) is 6.72. The highest BCUT2D eigenvalue weighted by Crippen LogP contribution is 2.35. The summed E-state index contributed by atoms with van der Waals surface area (Å²) in [5.41, 5.74) is 5.56. The summed E-state index contributed by atoms with van der Waals surface area (Å²) in [5, 5.41) is 11.2. The number of benzene rings is 1. The van der Waals surface area contributed by atoms with Crippen LogP contribution in [0.5, 0.6) is 5.75 Å². The van der Waals surface area contributed by atoms with E-state index in [9.17, 15) is 14.5 Å². The average Bonchev–Trinajstić information content (AvgIpc) is 2.44. The molecule has 0 radical (unpaired) electrons. The Bertz CT molecular complexity index is 520. The van der Waals surface area contributed by atoms with Crippen molar-refractivity contribution in [2.24, 2.45) is 11.1 Å². The van der Waals surface area contributed by atoms with Crippen LogP contribution in [0.3, 0.4) is 0 Å². The maximum Gasteiger partial charge on any atom is 0.295 e. The van der Waals surface area contributed by atoms with Crippen molar-refractivity contribution in [3.63, 3.8) is 0 Å². The van der Waals surface area contributed by atoms with Gasteiger partial charge in [-0.2, -0.15) is 0 Å². The molecule has 0 aliphatic carbocycles. The monoisotopic (exact) mass is 299 g/mol. The fraction of sp³-hybridized carbons (Fsp3) is 0.571. The van der Waals surface area contributed by atoms with E-state index in [0.29, 0.717) is 25.3 Å². The topological polar surface area (TPSA) is 81.6 Å². The zero-order chi connectivity index (χ0) is 16.2. The number of hydrogen-bond donors (Lipinski definition) is 1. The molecule has 0 atom stereocenters. The Balaban J connectivity index is 3.32. The fourth-order valence-electron chi connectivity index (χ4n) is 2.04. The van der Waals surface area contributed by atoms with Crippen LogP contribution in [0, 0.1) is 21.3 Å². The van der Waals surface area contributed by atoms with Crippen LogP contribution in [-0.2, 0) is 0 Å². The van der Waals surface area contributed by atoms with E-state index >= 15 is 0 Å². The summed E-state index contributed by atoms with van der Waals surface area (Å²) in [6.45, 7) is 7.33. The molecule has 6 nitrogen and oxygen atoms in total. The number of hydrogen-bond acceptors (Lipinski definition) is 5. The second-order valence-corrected chi connectivity index (χ2v) is 5.62. The van der Waals surface area contributed by atoms with Gasteiger partial charge in [0, 0.05) is 19.2 Å². The van der Waals surface area contributed by atoms with E-state index < -0.39 is 10.7 Å². The molecule has 0 saturated heterocycles. The van der Waals surface area contributed by atoms with Crippen LogP contribution in [0.4, 0.5) is 15.8 Å². The Labute approximate surface area is 123 Å². The number of nitro groups is 1. The zero-order valence-corrected chi connectivity index (χ0v) is 12.9. The lowest BCUT2D eigenvalue weighted by Crippen LogP contribution is -2.39. The van der Waals surface area contributed by atoms with Crippen LogP contribution in [0.2, 0.25) is 0 Å². The third-order valence-electron chi connectivity index (χ3n) is 3.34. The second kappa shape index (κ2) is 6.71. The van der Waals surface area contributed by atoms with E-state index in [-0.39, 0.29) is 16.9 Å². The number of halogens is 1. The molecule has 1 aromatic carbocycles. The van der Waals surface area contributed by atoms with Gasteiger partial charge in [0.15, 0.2) is 11.6 Å². The molecular formula is C14H22FN3O3. The Morgan fingerprint density at radius 1 is 1.48 bits per heavy atom. The van der Waals surface area contributed by atoms with E-state index in [1.165, 1.54) is 13.2 Å². The minimum atomic E-state index is -0.748. The predicted molar refractivity (Wildman–Crippen MR) is 80.3 cm³/mol. The van der Waals surface area contributed by atoms with Crippen molar-refractivity contribution in [1.29, 1.82) is 0 Å². The summed E-state index contributed by atoms with van der Waals surface area (Å²) >= 11 is 0. The van der Waals surface area contributed by atoms with Gasteiger partial charge < -0.3 is 15.4 Å². The van der Waals surface area contributed by atoms with Gasteiger partial charge in [0.1, 0.15) is 5.69 Å². The van der Waals surface area contributed by atoms with Crippen LogP contribution >= 0.6 is 0 Å². The molecule has 0 bridgehead atoms. The first-order valence-electron chi connectivity index (χ1n) is 6.72. The summed E-state index contributed by atoms with van der Waals surface area (Å²) in [4.78, 5) is 12.4. The molecule has 2 N–H and O–H groups in total. The maximum atomic E-state index is 13.7. The first-order chi connectivity index (χ1) is 9.75. The summed E-state index contributed by atoms with van der Waals surface area (Å²) in [6.07, 6.45) is 0. The molecule has 118 valence electrons. The lowest BCUT2D eigenvalue weighted by atomic mass is 9.92. The van der Waals surface area contributed by atoms with Crippen molar-refractivity contribution in [2.75, 3.05) is 31.6 Å². The van der Waals surface area contributed by atoms with Crippen molar-refractivity contribution >= 4 is 11.4 Å². The van der Waals surface area contributed by atoms with Gasteiger partial charge in [-0.15, -0.1) is 0 Å². The Morgan fingerprint density at radius 3 is 2.52 bits per heavy atom. The van der Waals surface area contributed by atoms with Crippen molar-refractivity contribution in [3.8, 4) is 5.75 Å². The lowest BCUT2D eigenvalue weighted by Gasteiger charge is -2.32. The predicted octanol–water partition coefficient (Wildman–Crippen LogP) is 2.55. The highest BCUT2D eigenvalue weighted by Gasteiger charge is 2.26. The Hall–Kier alpha value is -1.89. The lowest BCUT2D eigenvalue weighted by molar-refractivity contribution is -0.384. The van der Waals surface area contributed by atoms with Crippen LogP contribution in [0.25, 0.3) is 0 Å². The van der Waals surface area contributed by atoms with Crippen molar-refractivity contribution in [3.05, 3.63) is 28.1 Å². The largest absolute Gasteiger partial charge is 0.494 e. The molecule has 1 rings (SSSR count). The van der Waals surface area contributed by atoms with E-state index in [0.717, 1.165) is 6.07 Å². The quantitative estimate of drug-likeness (QED) is 0.618. The average molecular weight is 299 g/mol. The standard InChI is InChI=1S/C14H22FN3O3/c1-5-17(9-14(2,3)8-16)11-7-13(21-4)10(15)6-12(11)18(19)20/h6-7H,5,8-9,16H2,1-4H3. The molecular weight excluding hydrogens is 277 g/mol. The highest BCUT2D eigenvalue weighted by molar-refractivity contribution is 5.66. The Morgan fingerprint density at radius 2 is 2.10 bits per heavy atom. The van der Waals surface area contributed by atoms with Crippen molar-refractivity contribution in [1.82, 2.24) is 0 Å². The summed E-state index contributed by atoms with van der Waals surface area (Å²) in [7, 11) is 1.33. The van der Waals surface area contributed by atoms with Crippen LogP contribution < -0.4 is 15.4 Å². The number of nitrogens with two attached hydrogens (primary N) is 1. The summed E-state index contributed by atoms with van der Waals surface area (Å²) in [5.74, 6) is -0.762. The smallest absolute Gasteiger partial charge is 0.295 e. The number of nitro benzene ring substituents is 1. The van der Waals surface area contributed by atoms with E-state index in [1.54, 1.807) is 0 Å². The highest BCUT2D eigenvalue weighted by atomic mass is 19.1. The molecule has 0 aromatic heterocycles. The van der Waals surface area contributed by atoms with Gasteiger partial charge in [-0.3, -0.25) is 10.1 Å². The molecule has 0 saturated carbocycles. The molecule has 0 amide bonds. The van der Waals surface area contributed by atoms with E-state index in [4.69, 9.17) is 10.5 Å². The molecule has 0 unspecified atom stereocenters. The van der Waals surface area contributed by atoms with Crippen molar-refractivity contribution in [2.45, 2.75) is 20.8 Å². The van der Waals surface area contributed by atoms with Gasteiger partial charge in [0.05, 0.1) is 18.1 Å². The summed E-state index contributed by atoms with van der Waals surface area (Å²) in [6, 6.07) is 2.26. The van der Waals surface area contributed by atoms with Crippen molar-refractivity contribution < 1.29 is 14.1 Å². The molecule has 0 fully saturated rings. The molecule has 7 heteroatoms. The van der Waals surface area contributed by atoms with Crippen LogP contribution in [-0.4, -0.2) is 31.7 Å². The van der Waals surface area contributed by atoms with Gasteiger partial charge in [0.25, 0.3) is 5.69 Å². The fourth-order valence-corrected chi connectivity index (χ4v) is 2.04. The summed E-state index contributed by atoms with van der Waals surface area (Å²) < 4.78 is 18.6. The van der Waals surface area contributed by atoms with E-state index in [2.05, 4.69) is 0 Å². The molecule has 0 aliphatic rings. The molecule has 0 aliphatic heterocycles. The SMILES string of the molecule is CCN(CC(C)(C)CN)c1cc(OC)c(F)cc1[N+](=O)[O-]. The molecule has 21 heavy (non-hydrogen) atoms. The normalized spacial score (nSPS) is 11.3. The van der Waals surface area contributed by atoms with Gasteiger partial charge >= 0.3 is 0 Å². The van der Waals surface area contributed by atoms with Crippen LogP contribution in [0.15, 0.2) is 12.1 Å². The third kappa shape index (κ3) is 4.04. The number of rotatable bonds is 7. The Kier molecular flexibility index (Phi) is 5.48.